The Morgan fingerprint density at radius 3 is 1.07 bits per heavy atom. The van der Waals surface area contributed by atoms with E-state index in [2.05, 4.69) is 0 Å². The third-order valence-electron chi connectivity index (χ3n) is 10.2. The molecule has 0 amide bonds. The van der Waals surface area contributed by atoms with E-state index in [0.717, 1.165) is 71.5 Å². The molecule has 0 bridgehead atoms. The minimum absolute atomic E-state index is 0.0875. The van der Waals surface area contributed by atoms with Gasteiger partial charge in [-0.15, -0.1) is 0 Å². The molecule has 1 aromatic rings. The number of hydrogen-bond acceptors (Lipinski definition) is 9. The summed E-state index contributed by atoms with van der Waals surface area (Å²) in [7, 11) is 0. The summed E-state index contributed by atoms with van der Waals surface area (Å²) in [6.45, 7) is 2.69. The lowest BCUT2D eigenvalue weighted by Crippen LogP contribution is -2.55. The van der Waals surface area contributed by atoms with Crippen LogP contribution in [0.5, 0.6) is 0 Å². The van der Waals surface area contributed by atoms with Crippen LogP contribution in [0.25, 0.3) is 0 Å². The van der Waals surface area contributed by atoms with Crippen molar-refractivity contribution in [3.63, 3.8) is 0 Å². The molecule has 7 rings (SSSR count). The molecule has 9 unspecified atom stereocenters. The Kier molecular flexibility index (Phi) is 8.71. The highest BCUT2D eigenvalue weighted by Gasteiger charge is 2.45. The van der Waals surface area contributed by atoms with Gasteiger partial charge in [0.05, 0.1) is 76.1 Å². The van der Waals surface area contributed by atoms with Crippen molar-refractivity contribution >= 4 is 0 Å². The van der Waals surface area contributed by atoms with Gasteiger partial charge in [0.2, 0.25) is 0 Å². The molecule has 234 valence electrons. The maximum absolute atomic E-state index is 13.3. The van der Waals surface area contributed by atoms with Crippen LogP contribution in [-0.2, 0) is 48.1 Å². The van der Waals surface area contributed by atoms with Crippen LogP contribution in [0.3, 0.4) is 0 Å². The highest BCUT2D eigenvalue weighted by atomic mass is 16.6. The highest BCUT2D eigenvalue weighted by Crippen LogP contribution is 2.41. The van der Waals surface area contributed by atoms with Crippen molar-refractivity contribution in [2.75, 3.05) is 39.6 Å². The van der Waals surface area contributed by atoms with Crippen LogP contribution in [0.15, 0.2) is 14.4 Å². The van der Waals surface area contributed by atoms with Gasteiger partial charge in [-0.05, 0) is 75.5 Å². The third kappa shape index (κ3) is 6.78. The zero-order valence-corrected chi connectivity index (χ0v) is 24.4. The van der Waals surface area contributed by atoms with Gasteiger partial charge in [0.25, 0.3) is 0 Å². The second-order valence-corrected chi connectivity index (χ2v) is 13.2. The van der Waals surface area contributed by atoms with Crippen molar-refractivity contribution in [1.29, 1.82) is 0 Å². The predicted octanol–water partition coefficient (Wildman–Crippen LogP) is 0.924. The number of epoxide rings is 3. The van der Waals surface area contributed by atoms with E-state index >= 15 is 0 Å². The molecule has 0 radical (unpaired) electrons. The van der Waals surface area contributed by atoms with Gasteiger partial charge in [-0.1, -0.05) is 0 Å². The molecule has 42 heavy (non-hydrogen) atoms. The molecule has 9 atom stereocenters. The Morgan fingerprint density at radius 1 is 0.476 bits per heavy atom. The predicted molar refractivity (Wildman–Crippen MR) is 150 cm³/mol. The first-order valence-corrected chi connectivity index (χ1v) is 16.2. The van der Waals surface area contributed by atoms with Gasteiger partial charge < -0.3 is 28.4 Å². The number of nitrogens with zero attached hydrogens (tertiary/aromatic N) is 3. The largest absolute Gasteiger partial charge is 0.379 e. The average Bonchev–Trinajstić information content (AvgIpc) is 3.88. The van der Waals surface area contributed by atoms with Crippen LogP contribution in [-0.4, -0.2) is 90.0 Å². The molecule has 0 spiro atoms. The first-order chi connectivity index (χ1) is 20.5. The number of fused-ring (bicyclic) bond motifs is 3. The molecule has 4 heterocycles. The molecule has 3 aliphatic carbocycles. The van der Waals surface area contributed by atoms with Crippen molar-refractivity contribution in [2.24, 2.45) is 17.8 Å². The fraction of sp³-hybridized carbons (Fsp3) is 0.900. The van der Waals surface area contributed by atoms with Gasteiger partial charge in [0, 0.05) is 19.8 Å². The lowest BCUT2D eigenvalue weighted by atomic mass is 9.90. The van der Waals surface area contributed by atoms with Crippen molar-refractivity contribution in [2.45, 2.75) is 114 Å². The quantitative estimate of drug-likeness (QED) is 0.216. The van der Waals surface area contributed by atoms with E-state index in [-0.39, 0.29) is 39.5 Å². The van der Waals surface area contributed by atoms with Gasteiger partial charge in [0.15, 0.2) is 0 Å². The molecular weight excluding hydrogens is 546 g/mol. The third-order valence-corrected chi connectivity index (χ3v) is 10.2. The molecule has 3 saturated carbocycles. The van der Waals surface area contributed by atoms with E-state index in [0.29, 0.717) is 74.2 Å². The highest BCUT2D eigenvalue weighted by molar-refractivity contribution is 4.93. The molecule has 3 aliphatic heterocycles. The summed E-state index contributed by atoms with van der Waals surface area (Å²) in [5.41, 5.74) is -1.85. The van der Waals surface area contributed by atoms with E-state index < -0.39 is 17.1 Å². The lowest BCUT2D eigenvalue weighted by Gasteiger charge is -2.20. The summed E-state index contributed by atoms with van der Waals surface area (Å²) in [6, 6.07) is 0. The van der Waals surface area contributed by atoms with Crippen LogP contribution >= 0.6 is 0 Å². The summed E-state index contributed by atoms with van der Waals surface area (Å²) in [5, 5.41) is 0. The fourth-order valence-corrected chi connectivity index (χ4v) is 7.39. The molecule has 3 saturated heterocycles. The summed E-state index contributed by atoms with van der Waals surface area (Å²) >= 11 is 0. The molecule has 0 N–H and O–H groups in total. The Morgan fingerprint density at radius 2 is 0.786 bits per heavy atom. The SMILES string of the molecule is O=c1n(CCOCC2CCC3OC3C2)c(=O)n(CCOCC2CCC3OC3C2)c(=O)n1CCOCC1CCC2OC2C1. The van der Waals surface area contributed by atoms with E-state index in [4.69, 9.17) is 28.4 Å². The molecule has 6 aliphatic rings. The van der Waals surface area contributed by atoms with Crippen molar-refractivity contribution in [3.8, 4) is 0 Å². The standard InChI is InChI=1S/C30H45N3O9/c34-28-31(7-10-37-16-19-1-4-22-25(13-19)40-22)29(35)33(9-12-39-18-21-3-6-24-27(15-21)42-24)30(36)32(28)8-11-38-17-20-2-5-23-26(14-20)41-23/h19-27H,1-18H2. The number of hydrogen-bond donors (Lipinski definition) is 0. The first-order valence-electron chi connectivity index (χ1n) is 16.2. The van der Waals surface area contributed by atoms with Crippen LogP contribution < -0.4 is 17.1 Å². The smallest absolute Gasteiger partial charge is 0.336 e. The van der Waals surface area contributed by atoms with Crippen LogP contribution in [0, 0.1) is 17.8 Å². The Bertz CT molecular complexity index is 1090. The fourth-order valence-electron chi connectivity index (χ4n) is 7.39. The van der Waals surface area contributed by atoms with Crippen LogP contribution in [0.4, 0.5) is 0 Å². The topological polar surface area (TPSA) is 131 Å². The minimum Gasteiger partial charge on any atom is -0.379 e. The average molecular weight is 592 g/mol. The summed E-state index contributed by atoms with van der Waals surface area (Å²) in [4.78, 5) is 40.0. The molecule has 12 heteroatoms. The molecule has 0 aromatic carbocycles. The molecule has 12 nitrogen and oxygen atoms in total. The minimum atomic E-state index is -0.616. The molecular formula is C30H45N3O9. The van der Waals surface area contributed by atoms with Crippen molar-refractivity contribution < 1.29 is 28.4 Å². The maximum atomic E-state index is 13.3. The Hall–Kier alpha value is -1.83. The monoisotopic (exact) mass is 591 g/mol. The Balaban J connectivity index is 0.958. The number of ether oxygens (including phenoxy) is 6. The zero-order valence-electron chi connectivity index (χ0n) is 24.4. The van der Waals surface area contributed by atoms with Crippen molar-refractivity contribution in [1.82, 2.24) is 13.7 Å². The molecule has 6 fully saturated rings. The second-order valence-electron chi connectivity index (χ2n) is 13.2. The number of aromatic nitrogens is 3. The van der Waals surface area contributed by atoms with Gasteiger partial charge in [-0.3, -0.25) is 0 Å². The van der Waals surface area contributed by atoms with Gasteiger partial charge in [0.1, 0.15) is 0 Å². The number of rotatable bonds is 15. The zero-order chi connectivity index (χ0) is 28.6. The van der Waals surface area contributed by atoms with E-state index in [1.807, 2.05) is 0 Å². The van der Waals surface area contributed by atoms with Crippen LogP contribution in [0.2, 0.25) is 0 Å². The normalized spacial score (nSPS) is 36.1. The van der Waals surface area contributed by atoms with E-state index in [9.17, 15) is 14.4 Å². The molecule has 1 aromatic heterocycles. The Labute approximate surface area is 245 Å². The summed E-state index contributed by atoms with van der Waals surface area (Å²) in [6.07, 6.45) is 11.9. The summed E-state index contributed by atoms with van der Waals surface area (Å²) in [5.74, 6) is 1.32. The van der Waals surface area contributed by atoms with Gasteiger partial charge in [-0.25, -0.2) is 28.1 Å². The van der Waals surface area contributed by atoms with E-state index in [1.165, 1.54) is 0 Å². The second kappa shape index (κ2) is 12.6. The first kappa shape index (κ1) is 28.9. The van der Waals surface area contributed by atoms with Crippen LogP contribution in [0.1, 0.15) is 57.8 Å². The van der Waals surface area contributed by atoms with Gasteiger partial charge in [-0.2, -0.15) is 0 Å². The van der Waals surface area contributed by atoms with E-state index in [1.54, 1.807) is 0 Å². The van der Waals surface area contributed by atoms with Crippen molar-refractivity contribution in [3.05, 3.63) is 31.5 Å². The van der Waals surface area contributed by atoms with Gasteiger partial charge >= 0.3 is 17.1 Å². The lowest BCUT2D eigenvalue weighted by molar-refractivity contribution is 0.0728. The summed E-state index contributed by atoms with van der Waals surface area (Å²) < 4.78 is 37.9. The maximum Gasteiger partial charge on any atom is 0.336 e.